The second-order valence-electron chi connectivity index (χ2n) is 6.09. The van der Waals surface area contributed by atoms with Crippen LogP contribution in [0.1, 0.15) is 52.4 Å². The molecule has 1 fully saturated rings. The van der Waals surface area contributed by atoms with Crippen molar-refractivity contribution in [1.82, 2.24) is 0 Å². The zero-order chi connectivity index (χ0) is 18.9. The average molecular weight is 348 g/mol. The molecule has 25 heavy (non-hydrogen) atoms. The van der Waals surface area contributed by atoms with Gasteiger partial charge in [0.15, 0.2) is 11.2 Å². The van der Waals surface area contributed by atoms with Gasteiger partial charge in [-0.05, 0) is 51.5 Å². The molecule has 0 aromatic heterocycles. The van der Waals surface area contributed by atoms with Crippen LogP contribution in [0.4, 0.5) is 0 Å². The summed E-state index contributed by atoms with van der Waals surface area (Å²) in [6.07, 6.45) is 7.17. The Balaban J connectivity index is 2.97. The van der Waals surface area contributed by atoms with Gasteiger partial charge < -0.3 is 9.47 Å². The summed E-state index contributed by atoms with van der Waals surface area (Å²) in [4.78, 5) is 37.4. The second-order valence-corrected chi connectivity index (χ2v) is 6.09. The van der Waals surface area contributed by atoms with Crippen LogP contribution in [0, 0.1) is 5.41 Å². The Kier molecular flexibility index (Phi) is 8.32. The molecule has 0 atom stereocenters. The van der Waals surface area contributed by atoms with Crippen LogP contribution in [0.3, 0.4) is 0 Å². The highest BCUT2D eigenvalue weighted by atomic mass is 16.6. The number of carbonyl (C=O) groups excluding carboxylic acids is 3. The minimum atomic E-state index is -1.61. The predicted octanol–water partition coefficient (Wildman–Crippen LogP) is 3.69. The minimum absolute atomic E-state index is 0.0505. The summed E-state index contributed by atoms with van der Waals surface area (Å²) < 4.78 is 10.1. The molecule has 0 amide bonds. The molecule has 0 saturated heterocycles. The first-order chi connectivity index (χ1) is 11.9. The van der Waals surface area contributed by atoms with Gasteiger partial charge in [0.05, 0.1) is 13.2 Å². The van der Waals surface area contributed by atoms with E-state index in [1.807, 2.05) is 12.2 Å². The number of esters is 2. The van der Waals surface area contributed by atoms with E-state index in [4.69, 9.17) is 9.47 Å². The molecule has 0 bridgehead atoms. The molecule has 0 radical (unpaired) electrons. The third-order valence-electron chi connectivity index (χ3n) is 4.20. The zero-order valence-corrected chi connectivity index (χ0v) is 15.3. The van der Waals surface area contributed by atoms with E-state index in [-0.39, 0.29) is 31.8 Å². The number of carbonyl (C=O) groups is 3. The van der Waals surface area contributed by atoms with Crippen molar-refractivity contribution in [3.63, 3.8) is 0 Å². The normalized spacial score (nSPS) is 18.1. The van der Waals surface area contributed by atoms with E-state index in [1.165, 1.54) is 0 Å². The third kappa shape index (κ3) is 5.15. The van der Waals surface area contributed by atoms with Crippen LogP contribution in [0.2, 0.25) is 0 Å². The molecule has 5 heteroatoms. The molecule has 0 N–H and O–H groups in total. The van der Waals surface area contributed by atoms with Crippen molar-refractivity contribution in [3.05, 3.63) is 36.5 Å². The fourth-order valence-corrected chi connectivity index (χ4v) is 2.94. The van der Waals surface area contributed by atoms with Crippen molar-refractivity contribution in [2.24, 2.45) is 5.41 Å². The van der Waals surface area contributed by atoms with E-state index in [0.717, 1.165) is 25.7 Å². The largest absolute Gasteiger partial charge is 0.465 e. The van der Waals surface area contributed by atoms with Gasteiger partial charge in [0, 0.05) is 12.0 Å². The van der Waals surface area contributed by atoms with Gasteiger partial charge in [0.2, 0.25) is 0 Å². The maximum Gasteiger partial charge on any atom is 0.324 e. The average Bonchev–Trinajstić information content (AvgIpc) is 2.56. The molecule has 1 aliphatic rings. The Hall–Kier alpha value is -2.17. The first-order valence-electron chi connectivity index (χ1n) is 8.79. The van der Waals surface area contributed by atoms with E-state index in [1.54, 1.807) is 13.8 Å². The van der Waals surface area contributed by atoms with Gasteiger partial charge in [-0.15, -0.1) is 6.58 Å². The number of Topliss-reactive ketones (excluding diaryl/α,β-unsaturated/α-hetero) is 1. The van der Waals surface area contributed by atoms with Crippen LogP contribution in [-0.4, -0.2) is 30.9 Å². The lowest BCUT2D eigenvalue weighted by Crippen LogP contribution is -2.47. The van der Waals surface area contributed by atoms with Gasteiger partial charge >= 0.3 is 11.9 Å². The standard InChI is InChI=1S/C20H28O5/c1-5-8-9-10-11-12-16-15(4)13-20(14-17(16)21,18(22)24-6-2)19(23)25-7-3/h5,12H,1,4,6-11,13-14H2,2-3H3/b16-12-. The first kappa shape index (κ1) is 20.9. The van der Waals surface area contributed by atoms with Gasteiger partial charge in [-0.2, -0.15) is 0 Å². The molecule has 1 saturated carbocycles. The van der Waals surface area contributed by atoms with Crippen LogP contribution in [0.5, 0.6) is 0 Å². The van der Waals surface area contributed by atoms with Crippen LogP contribution in [0.15, 0.2) is 36.5 Å². The van der Waals surface area contributed by atoms with Crippen molar-refractivity contribution >= 4 is 17.7 Å². The summed E-state index contributed by atoms with van der Waals surface area (Å²) in [5, 5.41) is 0. The summed E-state index contributed by atoms with van der Waals surface area (Å²) in [7, 11) is 0. The Bertz CT molecular complexity index is 531. The lowest BCUT2D eigenvalue weighted by molar-refractivity contribution is -0.174. The highest BCUT2D eigenvalue weighted by molar-refractivity contribution is 6.11. The van der Waals surface area contributed by atoms with Crippen molar-refractivity contribution in [1.29, 1.82) is 0 Å². The zero-order valence-electron chi connectivity index (χ0n) is 15.3. The smallest absolute Gasteiger partial charge is 0.324 e. The summed E-state index contributed by atoms with van der Waals surface area (Å²) in [5.41, 5.74) is -0.607. The Morgan fingerprint density at radius 1 is 1.08 bits per heavy atom. The van der Waals surface area contributed by atoms with Gasteiger partial charge in [-0.1, -0.05) is 18.7 Å². The molecule has 5 nitrogen and oxygen atoms in total. The fraction of sp³-hybridized carbons (Fsp3) is 0.550. The van der Waals surface area contributed by atoms with Crippen LogP contribution < -0.4 is 0 Å². The SMILES string of the molecule is C=CCCCC/C=C1/C(=C)CC(C(=O)OCC)(C(=O)OCC)CC1=O. The van der Waals surface area contributed by atoms with Gasteiger partial charge in [0.1, 0.15) is 0 Å². The molecule has 138 valence electrons. The minimum Gasteiger partial charge on any atom is -0.465 e. The highest BCUT2D eigenvalue weighted by Gasteiger charge is 2.53. The van der Waals surface area contributed by atoms with E-state index in [9.17, 15) is 14.4 Å². The van der Waals surface area contributed by atoms with Crippen molar-refractivity contribution in [3.8, 4) is 0 Å². The maximum absolute atomic E-state index is 12.6. The number of hydrogen-bond donors (Lipinski definition) is 0. The molecular weight excluding hydrogens is 320 g/mol. The van der Waals surface area contributed by atoms with E-state index in [2.05, 4.69) is 13.2 Å². The van der Waals surface area contributed by atoms with Crippen LogP contribution in [0.25, 0.3) is 0 Å². The Morgan fingerprint density at radius 2 is 1.64 bits per heavy atom. The van der Waals surface area contributed by atoms with Gasteiger partial charge in [-0.25, -0.2) is 0 Å². The van der Waals surface area contributed by atoms with Crippen molar-refractivity contribution < 1.29 is 23.9 Å². The monoisotopic (exact) mass is 348 g/mol. The van der Waals surface area contributed by atoms with Crippen molar-refractivity contribution in [2.75, 3.05) is 13.2 Å². The molecule has 0 aliphatic heterocycles. The quantitative estimate of drug-likeness (QED) is 0.209. The van der Waals surface area contributed by atoms with Gasteiger partial charge in [0.25, 0.3) is 0 Å². The molecular formula is C20H28O5. The van der Waals surface area contributed by atoms with E-state index in [0.29, 0.717) is 11.1 Å². The Labute approximate surface area is 149 Å². The molecule has 0 aromatic rings. The fourth-order valence-electron chi connectivity index (χ4n) is 2.94. The highest BCUT2D eigenvalue weighted by Crippen LogP contribution is 2.42. The first-order valence-corrected chi connectivity index (χ1v) is 8.79. The predicted molar refractivity (Wildman–Crippen MR) is 95.8 cm³/mol. The summed E-state index contributed by atoms with van der Waals surface area (Å²) in [6.45, 7) is 11.2. The van der Waals surface area contributed by atoms with Gasteiger partial charge in [-0.3, -0.25) is 14.4 Å². The number of unbranched alkanes of at least 4 members (excludes halogenated alkanes) is 3. The maximum atomic E-state index is 12.6. The molecule has 0 heterocycles. The number of ether oxygens (including phenoxy) is 2. The number of hydrogen-bond acceptors (Lipinski definition) is 5. The number of allylic oxidation sites excluding steroid dienone is 4. The second kappa shape index (κ2) is 9.97. The summed E-state index contributed by atoms with van der Waals surface area (Å²) in [5.74, 6) is -1.69. The lowest BCUT2D eigenvalue weighted by atomic mass is 9.69. The van der Waals surface area contributed by atoms with E-state index >= 15 is 0 Å². The Morgan fingerprint density at radius 3 is 2.12 bits per heavy atom. The number of ketones is 1. The molecule has 0 spiro atoms. The third-order valence-corrected chi connectivity index (χ3v) is 4.20. The lowest BCUT2D eigenvalue weighted by Gasteiger charge is -2.33. The van der Waals surface area contributed by atoms with Crippen LogP contribution in [-0.2, 0) is 23.9 Å². The summed E-state index contributed by atoms with van der Waals surface area (Å²) in [6, 6.07) is 0. The van der Waals surface area contributed by atoms with E-state index < -0.39 is 17.4 Å². The molecule has 0 unspecified atom stereocenters. The topological polar surface area (TPSA) is 69.7 Å². The van der Waals surface area contributed by atoms with Crippen molar-refractivity contribution in [2.45, 2.75) is 52.4 Å². The van der Waals surface area contributed by atoms with Crippen LogP contribution >= 0.6 is 0 Å². The number of rotatable bonds is 9. The molecule has 1 rings (SSSR count). The summed E-state index contributed by atoms with van der Waals surface area (Å²) >= 11 is 0. The molecule has 1 aliphatic carbocycles. The molecule has 0 aromatic carbocycles.